The van der Waals surface area contributed by atoms with E-state index in [4.69, 9.17) is 4.74 Å². The maximum atomic E-state index is 10.5. The number of benzene rings is 1. The van der Waals surface area contributed by atoms with Gasteiger partial charge in [-0.05, 0) is 24.6 Å². The summed E-state index contributed by atoms with van der Waals surface area (Å²) in [5.41, 5.74) is 1.55. The fourth-order valence-electron chi connectivity index (χ4n) is 2.95. The quantitative estimate of drug-likeness (QED) is 0.915. The van der Waals surface area contributed by atoms with E-state index < -0.39 is 5.60 Å². The van der Waals surface area contributed by atoms with Gasteiger partial charge in [0.15, 0.2) is 0 Å². The summed E-state index contributed by atoms with van der Waals surface area (Å²) >= 11 is 0. The van der Waals surface area contributed by atoms with Crippen LogP contribution in [0.15, 0.2) is 36.5 Å². The Kier molecular flexibility index (Phi) is 3.25. The topological polar surface area (TPSA) is 42.4 Å². The fourth-order valence-corrected chi connectivity index (χ4v) is 2.95. The average molecular weight is 257 g/mol. The number of nitrogens with zero attached hydrogens (tertiary/aromatic N) is 1. The van der Waals surface area contributed by atoms with E-state index in [2.05, 4.69) is 11.1 Å². The Bertz CT molecular complexity index is 570. The first-order chi connectivity index (χ1) is 9.20. The summed E-state index contributed by atoms with van der Waals surface area (Å²) in [5, 5.41) is 11.7. The summed E-state index contributed by atoms with van der Waals surface area (Å²) in [4.78, 5) is 4.35. The first-order valence-corrected chi connectivity index (χ1v) is 6.87. The van der Waals surface area contributed by atoms with Gasteiger partial charge in [0.25, 0.3) is 0 Å². The minimum absolute atomic E-state index is 0.225. The number of pyridine rings is 1. The molecule has 1 heterocycles. The first kappa shape index (κ1) is 12.6. The number of aromatic nitrogens is 1. The average Bonchev–Trinajstić information content (AvgIpc) is 2.38. The lowest BCUT2D eigenvalue weighted by molar-refractivity contribution is -0.136. The highest BCUT2D eigenvalue weighted by molar-refractivity contribution is 5.81. The summed E-state index contributed by atoms with van der Waals surface area (Å²) in [7, 11) is 0. The van der Waals surface area contributed by atoms with Crippen LogP contribution in [0.3, 0.4) is 0 Å². The van der Waals surface area contributed by atoms with E-state index in [1.54, 1.807) is 0 Å². The van der Waals surface area contributed by atoms with Crippen LogP contribution in [0, 0.1) is 0 Å². The Morgan fingerprint density at radius 1 is 1.32 bits per heavy atom. The van der Waals surface area contributed by atoms with E-state index in [1.165, 1.54) is 5.56 Å². The van der Waals surface area contributed by atoms with Crippen LogP contribution < -0.4 is 0 Å². The number of ether oxygens (including phenoxy) is 1. The second-order valence-corrected chi connectivity index (χ2v) is 5.37. The fraction of sp³-hybridized carbons (Fsp3) is 0.438. The zero-order chi connectivity index (χ0) is 13.3. The Balaban J connectivity index is 1.79. The molecule has 0 aliphatic heterocycles. The van der Waals surface area contributed by atoms with Gasteiger partial charge in [-0.15, -0.1) is 0 Å². The van der Waals surface area contributed by atoms with Crippen molar-refractivity contribution >= 4 is 10.9 Å². The maximum Gasteiger partial charge on any atom is 0.0737 e. The van der Waals surface area contributed by atoms with Crippen LogP contribution in [-0.2, 0) is 11.2 Å². The van der Waals surface area contributed by atoms with Crippen LogP contribution in [0.5, 0.6) is 0 Å². The van der Waals surface area contributed by atoms with Crippen LogP contribution in [-0.4, -0.2) is 28.4 Å². The molecule has 0 unspecified atom stereocenters. The highest BCUT2D eigenvalue weighted by Crippen LogP contribution is 2.38. The molecule has 0 spiro atoms. The lowest BCUT2D eigenvalue weighted by Crippen LogP contribution is -2.49. The molecule has 1 aliphatic rings. The molecule has 0 atom stereocenters. The number of para-hydroxylation sites is 1. The van der Waals surface area contributed by atoms with Crippen LogP contribution >= 0.6 is 0 Å². The molecule has 100 valence electrons. The van der Waals surface area contributed by atoms with Gasteiger partial charge in [0, 0.05) is 37.5 Å². The van der Waals surface area contributed by atoms with E-state index in [0.29, 0.717) is 6.42 Å². The van der Waals surface area contributed by atoms with Gasteiger partial charge >= 0.3 is 0 Å². The molecule has 1 saturated carbocycles. The van der Waals surface area contributed by atoms with Crippen LogP contribution in [0.25, 0.3) is 10.9 Å². The van der Waals surface area contributed by atoms with E-state index in [9.17, 15) is 5.11 Å². The summed E-state index contributed by atoms with van der Waals surface area (Å²) < 4.78 is 5.53. The Labute approximate surface area is 113 Å². The minimum atomic E-state index is -0.607. The first-order valence-electron chi connectivity index (χ1n) is 6.87. The Morgan fingerprint density at radius 2 is 2.11 bits per heavy atom. The van der Waals surface area contributed by atoms with Gasteiger partial charge in [-0.3, -0.25) is 4.98 Å². The normalized spacial score (nSPS) is 26.3. The van der Waals surface area contributed by atoms with Gasteiger partial charge in [0.1, 0.15) is 0 Å². The van der Waals surface area contributed by atoms with E-state index in [-0.39, 0.29) is 6.10 Å². The van der Waals surface area contributed by atoms with Crippen LogP contribution in [0.4, 0.5) is 0 Å². The third-order valence-corrected chi connectivity index (χ3v) is 3.88. The molecule has 3 heteroatoms. The standard InChI is InChI=1S/C16H19NO2/c1-2-19-13-10-16(18,11-13)9-12-7-8-17-15-6-4-3-5-14(12)15/h3-8,13,18H,2,9-11H2,1H3. The van der Waals surface area contributed by atoms with E-state index >= 15 is 0 Å². The molecular formula is C16H19NO2. The van der Waals surface area contributed by atoms with Crippen molar-refractivity contribution in [3.05, 3.63) is 42.1 Å². The molecule has 3 rings (SSSR count). The largest absolute Gasteiger partial charge is 0.389 e. The van der Waals surface area contributed by atoms with Gasteiger partial charge in [0.2, 0.25) is 0 Å². The molecule has 2 aromatic rings. The SMILES string of the molecule is CCOC1CC(O)(Cc2ccnc3ccccc23)C1. The Hall–Kier alpha value is -1.45. The number of fused-ring (bicyclic) bond motifs is 1. The van der Waals surface area contributed by atoms with Gasteiger partial charge in [-0.1, -0.05) is 18.2 Å². The zero-order valence-electron chi connectivity index (χ0n) is 11.2. The van der Waals surface area contributed by atoms with Gasteiger partial charge in [0.05, 0.1) is 17.2 Å². The highest BCUT2D eigenvalue weighted by atomic mass is 16.5. The molecule has 0 bridgehead atoms. The Morgan fingerprint density at radius 3 is 2.89 bits per heavy atom. The van der Waals surface area contributed by atoms with Crippen molar-refractivity contribution in [1.82, 2.24) is 4.98 Å². The number of hydrogen-bond acceptors (Lipinski definition) is 3. The number of aliphatic hydroxyl groups is 1. The molecule has 0 radical (unpaired) electrons. The van der Waals surface area contributed by atoms with Crippen molar-refractivity contribution in [3.63, 3.8) is 0 Å². The molecule has 0 saturated heterocycles. The van der Waals surface area contributed by atoms with E-state index in [1.807, 2.05) is 37.4 Å². The maximum absolute atomic E-state index is 10.5. The second kappa shape index (κ2) is 4.91. The van der Waals surface area contributed by atoms with Crippen molar-refractivity contribution < 1.29 is 9.84 Å². The molecule has 1 aromatic heterocycles. The van der Waals surface area contributed by atoms with Crippen molar-refractivity contribution in [2.75, 3.05) is 6.61 Å². The van der Waals surface area contributed by atoms with Crippen molar-refractivity contribution in [2.45, 2.75) is 37.9 Å². The summed E-state index contributed by atoms with van der Waals surface area (Å²) in [5.74, 6) is 0. The van der Waals surface area contributed by atoms with Crippen LogP contribution in [0.2, 0.25) is 0 Å². The van der Waals surface area contributed by atoms with Gasteiger partial charge in [-0.2, -0.15) is 0 Å². The predicted molar refractivity (Wildman–Crippen MR) is 75.0 cm³/mol. The minimum Gasteiger partial charge on any atom is -0.389 e. The molecule has 1 N–H and O–H groups in total. The third-order valence-electron chi connectivity index (χ3n) is 3.88. The van der Waals surface area contributed by atoms with Gasteiger partial charge < -0.3 is 9.84 Å². The zero-order valence-corrected chi connectivity index (χ0v) is 11.2. The van der Waals surface area contributed by atoms with Crippen molar-refractivity contribution in [2.24, 2.45) is 0 Å². The number of rotatable bonds is 4. The van der Waals surface area contributed by atoms with E-state index in [0.717, 1.165) is 30.4 Å². The summed E-state index contributed by atoms with van der Waals surface area (Å²) in [6.07, 6.45) is 4.19. The summed E-state index contributed by atoms with van der Waals surface area (Å²) in [6.45, 7) is 2.71. The molecule has 19 heavy (non-hydrogen) atoms. The molecule has 1 aliphatic carbocycles. The summed E-state index contributed by atoms with van der Waals surface area (Å²) in [6, 6.07) is 10.1. The lowest BCUT2D eigenvalue weighted by atomic mass is 9.73. The molecular weight excluding hydrogens is 238 g/mol. The molecule has 0 amide bonds. The highest BCUT2D eigenvalue weighted by Gasteiger charge is 2.43. The van der Waals surface area contributed by atoms with Crippen molar-refractivity contribution in [1.29, 1.82) is 0 Å². The molecule has 3 nitrogen and oxygen atoms in total. The lowest BCUT2D eigenvalue weighted by Gasteiger charge is -2.43. The molecule has 1 fully saturated rings. The third kappa shape index (κ3) is 2.48. The predicted octanol–water partition coefficient (Wildman–Crippen LogP) is 2.71. The molecule has 1 aromatic carbocycles. The second-order valence-electron chi connectivity index (χ2n) is 5.37. The van der Waals surface area contributed by atoms with Crippen molar-refractivity contribution in [3.8, 4) is 0 Å². The smallest absolute Gasteiger partial charge is 0.0737 e. The van der Waals surface area contributed by atoms with Gasteiger partial charge in [-0.25, -0.2) is 0 Å². The monoisotopic (exact) mass is 257 g/mol. The van der Waals surface area contributed by atoms with Crippen LogP contribution in [0.1, 0.15) is 25.3 Å². The number of hydrogen-bond donors (Lipinski definition) is 1.